The van der Waals surface area contributed by atoms with Crippen LogP contribution in [-0.4, -0.2) is 42.3 Å². The first-order valence-electron chi connectivity index (χ1n) is 7.64. The highest BCUT2D eigenvalue weighted by molar-refractivity contribution is 6.43. The lowest BCUT2D eigenvalue weighted by atomic mass is 10.1. The van der Waals surface area contributed by atoms with E-state index in [1.165, 1.54) is 38.3 Å². The largest absolute Gasteiger partial charge is 0.465 e. The van der Waals surface area contributed by atoms with Gasteiger partial charge in [-0.25, -0.2) is 4.79 Å². The minimum absolute atomic E-state index is 0.0108. The second kappa shape index (κ2) is 8.44. The highest BCUT2D eigenvalue weighted by Crippen LogP contribution is 2.22. The maximum Gasteiger partial charge on any atom is 0.341 e. The van der Waals surface area contributed by atoms with Crippen LogP contribution in [0.25, 0.3) is 6.08 Å². The maximum absolute atomic E-state index is 12.2. The summed E-state index contributed by atoms with van der Waals surface area (Å²) in [4.78, 5) is 48.1. The number of nitrogens with zero attached hydrogens (tertiary/aromatic N) is 1. The third-order valence-electron chi connectivity index (χ3n) is 3.47. The van der Waals surface area contributed by atoms with Crippen LogP contribution in [-0.2, 0) is 19.1 Å². The summed E-state index contributed by atoms with van der Waals surface area (Å²) >= 11 is 5.75. The number of imide groups is 1. The molecule has 0 bridgehead atoms. The molecule has 0 aliphatic carbocycles. The summed E-state index contributed by atoms with van der Waals surface area (Å²) in [5, 5.41) is 0.0108. The number of carbonyl (C=O) groups excluding carboxylic acids is 4. The van der Waals surface area contributed by atoms with Gasteiger partial charge in [0.15, 0.2) is 0 Å². The fourth-order valence-corrected chi connectivity index (χ4v) is 2.48. The summed E-state index contributed by atoms with van der Waals surface area (Å²) in [6.45, 7) is 1.46. The van der Waals surface area contributed by atoms with Gasteiger partial charge >= 0.3 is 11.9 Å². The number of esters is 2. The van der Waals surface area contributed by atoms with Gasteiger partial charge in [0.1, 0.15) is 16.3 Å². The van der Waals surface area contributed by atoms with Crippen molar-refractivity contribution >= 4 is 41.4 Å². The fourth-order valence-electron chi connectivity index (χ4n) is 2.27. The molecule has 0 aromatic heterocycles. The molecule has 26 heavy (non-hydrogen) atoms. The Morgan fingerprint density at radius 3 is 2.65 bits per heavy atom. The van der Waals surface area contributed by atoms with Crippen molar-refractivity contribution in [3.05, 3.63) is 46.5 Å². The summed E-state index contributed by atoms with van der Waals surface area (Å²) in [5.41, 5.74) is 0.526. The molecular weight excluding hydrogens is 362 g/mol. The van der Waals surface area contributed by atoms with Crippen LogP contribution in [0, 0.1) is 0 Å². The number of ether oxygens (including phenoxy) is 2. The fraction of sp³-hybridized carbons (Fsp3) is 0.222. The Bertz CT molecular complexity index is 827. The van der Waals surface area contributed by atoms with E-state index >= 15 is 0 Å². The van der Waals surface area contributed by atoms with Crippen LogP contribution in [0.1, 0.15) is 29.3 Å². The Balaban J connectivity index is 2.23. The first kappa shape index (κ1) is 19.4. The van der Waals surface area contributed by atoms with E-state index in [0.717, 1.165) is 4.90 Å². The van der Waals surface area contributed by atoms with Crippen LogP contribution < -0.4 is 4.74 Å². The van der Waals surface area contributed by atoms with Crippen LogP contribution >= 0.6 is 11.6 Å². The molecule has 7 nitrogen and oxygen atoms in total. The number of methoxy groups -OCH3 is 1. The number of amides is 2. The summed E-state index contributed by atoms with van der Waals surface area (Å²) in [6, 6.07) is 4.39. The van der Waals surface area contributed by atoms with E-state index in [1.54, 1.807) is 12.1 Å². The smallest absolute Gasteiger partial charge is 0.341 e. The standard InChI is InChI=1S/C18H16ClNO6/c1-11(21)26-15-7-5-12(10-13(15)18(24)25-2)6-8-16(22)20-9-3-4-14(19)17(20)23/h4-8,10H,3,9H2,1-2H3. The van der Waals surface area contributed by atoms with E-state index in [4.69, 9.17) is 16.3 Å². The molecule has 2 rings (SSSR count). The third kappa shape index (κ3) is 4.58. The second-order valence-corrected chi connectivity index (χ2v) is 5.72. The topological polar surface area (TPSA) is 90.0 Å². The molecule has 136 valence electrons. The lowest BCUT2D eigenvalue weighted by Gasteiger charge is -2.21. The van der Waals surface area contributed by atoms with E-state index in [1.807, 2.05) is 0 Å². The monoisotopic (exact) mass is 377 g/mol. The van der Waals surface area contributed by atoms with Gasteiger partial charge in [-0.1, -0.05) is 23.7 Å². The van der Waals surface area contributed by atoms with Crippen molar-refractivity contribution in [1.82, 2.24) is 4.90 Å². The quantitative estimate of drug-likeness (QED) is 0.454. The van der Waals surface area contributed by atoms with Crippen LogP contribution in [0.4, 0.5) is 0 Å². The average molecular weight is 378 g/mol. The molecule has 1 aliphatic rings. The minimum atomic E-state index is -0.689. The summed E-state index contributed by atoms with van der Waals surface area (Å²) in [7, 11) is 1.20. The van der Waals surface area contributed by atoms with Gasteiger partial charge in [0, 0.05) is 19.5 Å². The van der Waals surface area contributed by atoms with E-state index in [9.17, 15) is 19.2 Å². The number of hydrogen-bond donors (Lipinski definition) is 0. The molecule has 0 unspecified atom stereocenters. The normalized spacial score (nSPS) is 14.2. The van der Waals surface area contributed by atoms with Gasteiger partial charge in [-0.3, -0.25) is 19.3 Å². The summed E-state index contributed by atoms with van der Waals surface area (Å²) < 4.78 is 9.63. The molecule has 1 aromatic carbocycles. The number of benzene rings is 1. The zero-order valence-corrected chi connectivity index (χ0v) is 14.9. The van der Waals surface area contributed by atoms with Crippen LogP contribution in [0.15, 0.2) is 35.4 Å². The molecule has 0 radical (unpaired) electrons. The van der Waals surface area contributed by atoms with Gasteiger partial charge in [-0.2, -0.15) is 0 Å². The number of hydrogen-bond acceptors (Lipinski definition) is 6. The van der Waals surface area contributed by atoms with Crippen LogP contribution in [0.5, 0.6) is 5.75 Å². The van der Waals surface area contributed by atoms with E-state index in [0.29, 0.717) is 12.0 Å². The average Bonchev–Trinajstić information content (AvgIpc) is 2.61. The molecule has 0 saturated carbocycles. The van der Waals surface area contributed by atoms with E-state index in [2.05, 4.69) is 4.74 Å². The van der Waals surface area contributed by atoms with Crippen molar-refractivity contribution in [2.24, 2.45) is 0 Å². The van der Waals surface area contributed by atoms with Crippen molar-refractivity contribution in [2.75, 3.05) is 13.7 Å². The lowest BCUT2D eigenvalue weighted by Crippen LogP contribution is -2.38. The minimum Gasteiger partial charge on any atom is -0.465 e. The molecule has 0 atom stereocenters. The molecule has 0 spiro atoms. The third-order valence-corrected chi connectivity index (χ3v) is 3.79. The maximum atomic E-state index is 12.2. The zero-order valence-electron chi connectivity index (χ0n) is 14.2. The molecule has 1 heterocycles. The van der Waals surface area contributed by atoms with Gasteiger partial charge in [-0.15, -0.1) is 0 Å². The molecule has 8 heteroatoms. The molecule has 0 N–H and O–H groups in total. The number of carbonyl (C=O) groups is 4. The van der Waals surface area contributed by atoms with E-state index in [-0.39, 0.29) is 22.9 Å². The van der Waals surface area contributed by atoms with E-state index < -0.39 is 23.8 Å². The first-order chi connectivity index (χ1) is 12.3. The Labute approximate surface area is 154 Å². The number of halogens is 1. The van der Waals surface area contributed by atoms with Gasteiger partial charge < -0.3 is 9.47 Å². The molecule has 0 fully saturated rings. The lowest BCUT2D eigenvalue weighted by molar-refractivity contribution is -0.139. The van der Waals surface area contributed by atoms with Gasteiger partial charge in [0.2, 0.25) is 0 Å². The number of rotatable bonds is 4. The Morgan fingerprint density at radius 1 is 1.27 bits per heavy atom. The van der Waals surface area contributed by atoms with Crippen molar-refractivity contribution in [1.29, 1.82) is 0 Å². The molecule has 1 aromatic rings. The summed E-state index contributed by atoms with van der Waals surface area (Å²) in [5.74, 6) is -2.29. The molecule has 0 saturated heterocycles. The molecule has 1 aliphatic heterocycles. The van der Waals surface area contributed by atoms with Gasteiger partial charge in [0.25, 0.3) is 11.8 Å². The van der Waals surface area contributed by atoms with Gasteiger partial charge in [-0.05, 0) is 30.2 Å². The van der Waals surface area contributed by atoms with Crippen molar-refractivity contribution in [2.45, 2.75) is 13.3 Å². The predicted molar refractivity (Wildman–Crippen MR) is 93.4 cm³/mol. The Kier molecular flexibility index (Phi) is 6.30. The predicted octanol–water partition coefficient (Wildman–Crippen LogP) is 2.29. The SMILES string of the molecule is COC(=O)c1cc(C=CC(=O)N2CCC=C(Cl)C2=O)ccc1OC(C)=O. The first-order valence-corrected chi connectivity index (χ1v) is 8.01. The molecular formula is C18H16ClNO6. The Morgan fingerprint density at radius 2 is 2.00 bits per heavy atom. The second-order valence-electron chi connectivity index (χ2n) is 5.31. The van der Waals surface area contributed by atoms with Crippen molar-refractivity contribution in [3.8, 4) is 5.75 Å². The van der Waals surface area contributed by atoms with Gasteiger partial charge in [0.05, 0.1) is 7.11 Å². The highest BCUT2D eigenvalue weighted by atomic mass is 35.5. The Hall–Kier alpha value is -2.93. The summed E-state index contributed by atoms with van der Waals surface area (Å²) in [6.07, 6.45) is 4.70. The van der Waals surface area contributed by atoms with Crippen molar-refractivity contribution < 1.29 is 28.7 Å². The highest BCUT2D eigenvalue weighted by Gasteiger charge is 2.24. The zero-order chi connectivity index (χ0) is 19.3. The van der Waals surface area contributed by atoms with Crippen molar-refractivity contribution in [3.63, 3.8) is 0 Å². The molecule has 2 amide bonds. The van der Waals surface area contributed by atoms with Crippen LogP contribution in [0.2, 0.25) is 0 Å². The van der Waals surface area contributed by atoms with Crippen LogP contribution in [0.3, 0.4) is 0 Å².